The Bertz CT molecular complexity index is 1320. The predicted molar refractivity (Wildman–Crippen MR) is 133 cm³/mol. The first kappa shape index (κ1) is 29.4. The lowest BCUT2D eigenvalue weighted by atomic mass is 9.98. The zero-order valence-electron chi connectivity index (χ0n) is 21.4. The van der Waals surface area contributed by atoms with Gasteiger partial charge in [-0.05, 0) is 23.7 Å². The lowest BCUT2D eigenvalue weighted by molar-refractivity contribution is -0.288. The first-order chi connectivity index (χ1) is 18.5. The van der Waals surface area contributed by atoms with Crippen LogP contribution in [0, 0.1) is 0 Å². The number of benzene rings is 1. The molecule has 0 radical (unpaired) electrons. The van der Waals surface area contributed by atoms with Gasteiger partial charge in [-0.2, -0.15) is 0 Å². The average molecular weight is 564 g/mol. The fourth-order valence-corrected chi connectivity index (χ4v) is 5.02. The lowest BCUT2D eigenvalue weighted by Gasteiger charge is -2.44. The van der Waals surface area contributed by atoms with E-state index < -0.39 is 61.2 Å². The summed E-state index contributed by atoms with van der Waals surface area (Å²) in [4.78, 5) is 62.5. The molecule has 208 valence electrons. The maximum absolute atomic E-state index is 12.0. The number of fused-ring (bicyclic) bond motifs is 1. The van der Waals surface area contributed by atoms with E-state index in [1.54, 1.807) is 6.07 Å². The third-order valence-corrected chi connectivity index (χ3v) is 6.50. The van der Waals surface area contributed by atoms with Crippen LogP contribution in [-0.2, 0) is 49.4 Å². The highest BCUT2D eigenvalue weighted by Gasteiger charge is 2.53. The summed E-state index contributed by atoms with van der Waals surface area (Å²) in [5.41, 5.74) is 9.02. The van der Waals surface area contributed by atoms with Crippen molar-refractivity contribution in [2.75, 3.05) is 6.61 Å². The minimum absolute atomic E-state index is 0.0344. The van der Waals surface area contributed by atoms with Gasteiger partial charge in [0.05, 0.1) is 6.54 Å². The fraction of sp³-hybridized carbons (Fsp3) is 0.458. The maximum atomic E-state index is 12.0. The molecule has 1 aliphatic rings. The average Bonchev–Trinajstić information content (AvgIpc) is 3.29. The molecule has 0 bridgehead atoms. The Labute approximate surface area is 225 Å². The summed E-state index contributed by atoms with van der Waals surface area (Å²) in [6.07, 6.45) is -6.13. The highest BCUT2D eigenvalue weighted by molar-refractivity contribution is 7.19. The van der Waals surface area contributed by atoms with Crippen molar-refractivity contribution in [3.63, 3.8) is 0 Å². The smallest absolute Gasteiger partial charge is 0.303 e. The maximum Gasteiger partial charge on any atom is 0.303 e. The molecule has 0 saturated carbocycles. The quantitative estimate of drug-likeness (QED) is 0.103. The van der Waals surface area contributed by atoms with Crippen LogP contribution < -0.4 is 4.74 Å². The Hall–Kier alpha value is -4.20. The van der Waals surface area contributed by atoms with Crippen molar-refractivity contribution < 1.29 is 52.4 Å². The molecule has 1 aromatic carbocycles. The van der Waals surface area contributed by atoms with Crippen LogP contribution in [0.4, 0.5) is 0 Å². The first-order valence-electron chi connectivity index (χ1n) is 11.5. The highest BCUT2D eigenvalue weighted by Crippen LogP contribution is 2.38. The molecule has 1 fully saturated rings. The Morgan fingerprint density at radius 2 is 1.64 bits per heavy atom. The molecule has 5 atom stereocenters. The largest absolute Gasteiger partial charge is 0.463 e. The predicted octanol–water partition coefficient (Wildman–Crippen LogP) is 2.99. The number of hydrogen-bond donors (Lipinski definition) is 0. The molecule has 0 amide bonds. The SMILES string of the molecule is CC(=O)OC[C@H]1O[C@@H](Oc2ccc(C=O)c3sc(CN=[N+]=[N-])cc23)[C@H](OC(C)=O)[C@@H](OC(C)=O)[C@H]1OC(C)=O. The van der Waals surface area contributed by atoms with Crippen molar-refractivity contribution in [2.45, 2.75) is 64.9 Å². The number of azide groups is 1. The van der Waals surface area contributed by atoms with Crippen LogP contribution in [0.3, 0.4) is 0 Å². The van der Waals surface area contributed by atoms with Gasteiger partial charge in [-0.25, -0.2) is 0 Å². The van der Waals surface area contributed by atoms with Gasteiger partial charge in [0.25, 0.3) is 0 Å². The molecular formula is C24H25N3O11S. The van der Waals surface area contributed by atoms with Crippen molar-refractivity contribution in [1.82, 2.24) is 0 Å². The molecule has 0 unspecified atom stereocenters. The molecule has 0 N–H and O–H groups in total. The van der Waals surface area contributed by atoms with Gasteiger partial charge in [-0.1, -0.05) is 5.11 Å². The second kappa shape index (κ2) is 13.0. The zero-order valence-corrected chi connectivity index (χ0v) is 22.2. The molecule has 2 heterocycles. The molecule has 1 aliphatic heterocycles. The summed E-state index contributed by atoms with van der Waals surface area (Å²) in [5, 5.41) is 4.02. The minimum atomic E-state index is -1.45. The van der Waals surface area contributed by atoms with Gasteiger partial charge in [-0.3, -0.25) is 24.0 Å². The van der Waals surface area contributed by atoms with Crippen LogP contribution in [0.5, 0.6) is 5.75 Å². The van der Waals surface area contributed by atoms with Gasteiger partial charge >= 0.3 is 23.9 Å². The number of hydrogen-bond acceptors (Lipinski definition) is 13. The summed E-state index contributed by atoms with van der Waals surface area (Å²) in [6.45, 7) is 4.14. The molecule has 14 nitrogen and oxygen atoms in total. The topological polar surface area (TPSA) is 189 Å². The molecule has 1 saturated heterocycles. The molecule has 15 heteroatoms. The summed E-state index contributed by atoms with van der Waals surface area (Å²) in [7, 11) is 0. The van der Waals surface area contributed by atoms with Crippen molar-refractivity contribution in [2.24, 2.45) is 5.11 Å². The van der Waals surface area contributed by atoms with Crippen LogP contribution >= 0.6 is 11.3 Å². The summed E-state index contributed by atoms with van der Waals surface area (Å²) in [5.74, 6) is -2.77. The number of aldehydes is 1. The summed E-state index contributed by atoms with van der Waals surface area (Å²) in [6, 6.07) is 4.66. The fourth-order valence-electron chi connectivity index (χ4n) is 3.95. The van der Waals surface area contributed by atoms with Crippen molar-refractivity contribution in [3.8, 4) is 5.75 Å². The van der Waals surface area contributed by atoms with Gasteiger partial charge in [0.15, 0.2) is 18.5 Å². The molecule has 0 aliphatic carbocycles. The summed E-state index contributed by atoms with van der Waals surface area (Å²) >= 11 is 1.22. The molecular weight excluding hydrogens is 538 g/mol. The van der Waals surface area contributed by atoms with Gasteiger partial charge < -0.3 is 28.4 Å². The molecule has 39 heavy (non-hydrogen) atoms. The second-order valence-corrected chi connectivity index (χ2v) is 9.44. The number of esters is 4. The summed E-state index contributed by atoms with van der Waals surface area (Å²) < 4.78 is 33.9. The van der Waals surface area contributed by atoms with Crippen LogP contribution in [0.1, 0.15) is 42.9 Å². The van der Waals surface area contributed by atoms with E-state index in [0.29, 0.717) is 26.8 Å². The van der Waals surface area contributed by atoms with E-state index in [1.807, 2.05) is 0 Å². The third-order valence-electron chi connectivity index (χ3n) is 5.33. The van der Waals surface area contributed by atoms with Crippen molar-refractivity contribution >= 4 is 51.6 Å². The molecule has 0 spiro atoms. The third kappa shape index (κ3) is 7.44. The monoisotopic (exact) mass is 563 g/mol. The van der Waals surface area contributed by atoms with Crippen LogP contribution in [0.2, 0.25) is 0 Å². The highest BCUT2D eigenvalue weighted by atomic mass is 32.1. The zero-order chi connectivity index (χ0) is 28.7. The van der Waals surface area contributed by atoms with Gasteiger partial charge in [-0.15, -0.1) is 11.3 Å². The number of thiophene rings is 1. The number of rotatable bonds is 10. The lowest BCUT2D eigenvalue weighted by Crippen LogP contribution is -2.63. The Morgan fingerprint density at radius 1 is 1.00 bits per heavy atom. The van der Waals surface area contributed by atoms with Crippen LogP contribution in [-0.4, -0.2) is 67.5 Å². The molecule has 1 aromatic heterocycles. The van der Waals surface area contributed by atoms with Gasteiger partial charge in [0.1, 0.15) is 18.5 Å². The van der Waals surface area contributed by atoms with E-state index in [2.05, 4.69) is 10.0 Å². The van der Waals surface area contributed by atoms with Crippen molar-refractivity contribution in [1.29, 1.82) is 0 Å². The standard InChI is InChI=1S/C24H25N3O11S/c1-11(29)33-10-19-20(34-12(2)30)21(35-13(3)31)22(36-14(4)32)24(38-19)37-18-6-5-15(9-28)23-17(18)7-16(39-23)8-26-27-25/h5-7,9,19-22,24H,8,10H2,1-4H3/t19-,20+,21+,22-,24-/m1/s1. The van der Waals surface area contributed by atoms with E-state index in [0.717, 1.165) is 20.8 Å². The Balaban J connectivity index is 2.09. The van der Waals surface area contributed by atoms with E-state index in [-0.39, 0.29) is 12.3 Å². The van der Waals surface area contributed by atoms with E-state index in [4.69, 9.17) is 34.0 Å². The Morgan fingerprint density at radius 3 is 2.23 bits per heavy atom. The van der Waals surface area contributed by atoms with Crippen LogP contribution in [0.25, 0.3) is 20.5 Å². The molecule has 3 rings (SSSR count). The van der Waals surface area contributed by atoms with E-state index in [1.165, 1.54) is 30.4 Å². The van der Waals surface area contributed by atoms with Crippen molar-refractivity contribution in [3.05, 3.63) is 39.1 Å². The van der Waals surface area contributed by atoms with E-state index in [9.17, 15) is 24.0 Å². The number of carbonyl (C=O) groups excluding carboxylic acids is 5. The second-order valence-electron chi connectivity index (χ2n) is 8.30. The van der Waals surface area contributed by atoms with Crippen LogP contribution in [0.15, 0.2) is 23.3 Å². The number of ether oxygens (including phenoxy) is 6. The van der Waals surface area contributed by atoms with Gasteiger partial charge in [0, 0.05) is 53.1 Å². The Kier molecular flexibility index (Phi) is 9.82. The molecule has 2 aromatic rings. The van der Waals surface area contributed by atoms with Gasteiger partial charge in [0.2, 0.25) is 12.4 Å². The van der Waals surface area contributed by atoms with E-state index >= 15 is 0 Å². The first-order valence-corrected chi connectivity index (χ1v) is 12.3. The number of nitrogens with zero attached hydrogens (tertiary/aromatic N) is 3. The minimum Gasteiger partial charge on any atom is -0.463 e. The number of carbonyl (C=O) groups is 5. The normalized spacial score (nSPS) is 22.2.